The molecule has 0 atom stereocenters. The largest absolute Gasteiger partial charge is 0.380 e. The summed E-state index contributed by atoms with van der Waals surface area (Å²) in [7, 11) is 0. The van der Waals surface area contributed by atoms with Gasteiger partial charge in [0.15, 0.2) is 5.82 Å². The molecule has 4 heteroatoms. The number of nitrogen functional groups attached to an aromatic ring is 1. The van der Waals surface area contributed by atoms with E-state index in [0.717, 1.165) is 23.3 Å². The summed E-state index contributed by atoms with van der Waals surface area (Å²) in [6.45, 7) is 4.24. The van der Waals surface area contributed by atoms with Crippen LogP contribution in [-0.4, -0.2) is 5.16 Å². The summed E-state index contributed by atoms with van der Waals surface area (Å²) in [4.78, 5) is 0. The third-order valence-electron chi connectivity index (χ3n) is 2.53. The van der Waals surface area contributed by atoms with Gasteiger partial charge in [0, 0.05) is 17.0 Å². The van der Waals surface area contributed by atoms with Gasteiger partial charge in [-0.25, -0.2) is 0 Å². The molecule has 1 aromatic heterocycles. The molecule has 0 fully saturated rings. The molecule has 1 aromatic carbocycles. The second kappa shape index (κ2) is 4.80. The highest BCUT2D eigenvalue weighted by molar-refractivity contribution is 6.33. The number of nitrogens with two attached hydrogens (primary N) is 1. The van der Waals surface area contributed by atoms with E-state index in [0.29, 0.717) is 16.8 Å². The van der Waals surface area contributed by atoms with E-state index in [4.69, 9.17) is 21.9 Å². The highest BCUT2D eigenvalue weighted by Crippen LogP contribution is 2.35. The fraction of sp³-hybridized carbons (Fsp3) is 0.308. The summed E-state index contributed by atoms with van der Waals surface area (Å²) in [5, 5.41) is 4.49. The monoisotopic (exact) mass is 250 g/mol. The number of anilines is 1. The Bertz CT molecular complexity index is 520. The normalized spacial score (nSPS) is 11.1. The average Bonchev–Trinajstić information content (AvgIpc) is 2.60. The fourth-order valence-electron chi connectivity index (χ4n) is 1.80. The van der Waals surface area contributed by atoms with Crippen LogP contribution < -0.4 is 5.73 Å². The predicted molar refractivity (Wildman–Crippen MR) is 69.9 cm³/mol. The molecule has 0 saturated heterocycles. The van der Waals surface area contributed by atoms with Crippen LogP contribution in [0.4, 0.5) is 5.82 Å². The molecule has 0 amide bonds. The van der Waals surface area contributed by atoms with Crippen molar-refractivity contribution in [3.8, 4) is 11.1 Å². The number of nitrogens with zero attached hydrogens (tertiary/aromatic N) is 1. The van der Waals surface area contributed by atoms with Crippen LogP contribution in [0.3, 0.4) is 0 Å². The number of rotatable bonds is 3. The van der Waals surface area contributed by atoms with Crippen LogP contribution in [0.5, 0.6) is 0 Å². The van der Waals surface area contributed by atoms with E-state index in [9.17, 15) is 0 Å². The highest BCUT2D eigenvalue weighted by Gasteiger charge is 2.18. The Morgan fingerprint density at radius 1 is 1.35 bits per heavy atom. The summed E-state index contributed by atoms with van der Waals surface area (Å²) in [5.41, 5.74) is 7.56. The maximum absolute atomic E-state index is 6.17. The smallest absolute Gasteiger partial charge is 0.175 e. The fourth-order valence-corrected chi connectivity index (χ4v) is 2.03. The first-order valence-electron chi connectivity index (χ1n) is 5.58. The van der Waals surface area contributed by atoms with Crippen molar-refractivity contribution < 1.29 is 4.52 Å². The quantitative estimate of drug-likeness (QED) is 0.902. The maximum Gasteiger partial charge on any atom is 0.175 e. The Hall–Kier alpha value is -1.48. The van der Waals surface area contributed by atoms with E-state index in [1.54, 1.807) is 0 Å². The molecule has 0 radical (unpaired) electrons. The number of halogens is 1. The topological polar surface area (TPSA) is 52.0 Å². The van der Waals surface area contributed by atoms with E-state index in [1.807, 2.05) is 24.3 Å². The summed E-state index contributed by atoms with van der Waals surface area (Å²) >= 11 is 6.17. The van der Waals surface area contributed by atoms with Crippen molar-refractivity contribution >= 4 is 17.4 Å². The van der Waals surface area contributed by atoms with Crippen molar-refractivity contribution in [3.63, 3.8) is 0 Å². The third kappa shape index (κ3) is 2.44. The second-order valence-corrected chi connectivity index (χ2v) is 4.85. The number of hydrogen-bond donors (Lipinski definition) is 1. The Labute approximate surface area is 106 Å². The molecule has 1 heterocycles. The van der Waals surface area contributed by atoms with Gasteiger partial charge in [-0.15, -0.1) is 0 Å². The number of aromatic nitrogens is 1. The van der Waals surface area contributed by atoms with Gasteiger partial charge in [-0.1, -0.05) is 48.8 Å². The van der Waals surface area contributed by atoms with Crippen LogP contribution in [0.25, 0.3) is 11.1 Å². The molecule has 0 aliphatic heterocycles. The molecule has 0 aliphatic rings. The highest BCUT2D eigenvalue weighted by atomic mass is 35.5. The SMILES string of the molecule is CC(C)Cc1onc(N)c1-c1ccccc1Cl. The van der Waals surface area contributed by atoms with Crippen molar-refractivity contribution in [2.24, 2.45) is 5.92 Å². The first-order valence-corrected chi connectivity index (χ1v) is 5.96. The Kier molecular flexibility index (Phi) is 3.38. The lowest BCUT2D eigenvalue weighted by molar-refractivity contribution is 0.372. The lowest BCUT2D eigenvalue weighted by Crippen LogP contribution is -1.96. The predicted octanol–water partition coefficient (Wildman–Crippen LogP) is 3.78. The van der Waals surface area contributed by atoms with Gasteiger partial charge in [-0.05, 0) is 12.0 Å². The van der Waals surface area contributed by atoms with Gasteiger partial charge < -0.3 is 10.3 Å². The lowest BCUT2D eigenvalue weighted by atomic mass is 10.0. The molecule has 0 spiro atoms. The van der Waals surface area contributed by atoms with Crippen molar-refractivity contribution in [3.05, 3.63) is 35.0 Å². The number of benzene rings is 1. The number of hydrogen-bond acceptors (Lipinski definition) is 3. The van der Waals surface area contributed by atoms with Crippen molar-refractivity contribution in [1.82, 2.24) is 5.16 Å². The standard InChI is InChI=1S/C13H15ClN2O/c1-8(2)7-11-12(13(15)16-17-11)9-5-3-4-6-10(9)14/h3-6,8H,7H2,1-2H3,(H2,15,16). The summed E-state index contributed by atoms with van der Waals surface area (Å²) in [6.07, 6.45) is 0.796. The van der Waals surface area contributed by atoms with Crippen LogP contribution >= 0.6 is 11.6 Å². The minimum absolute atomic E-state index is 0.397. The molecule has 0 unspecified atom stereocenters. The van der Waals surface area contributed by atoms with E-state index in [2.05, 4.69) is 19.0 Å². The van der Waals surface area contributed by atoms with Crippen molar-refractivity contribution in [1.29, 1.82) is 0 Å². The summed E-state index contributed by atoms with van der Waals surface area (Å²) in [5.74, 6) is 1.67. The molecule has 2 N–H and O–H groups in total. The average molecular weight is 251 g/mol. The Morgan fingerprint density at radius 3 is 2.71 bits per heavy atom. The third-order valence-corrected chi connectivity index (χ3v) is 2.86. The zero-order valence-corrected chi connectivity index (χ0v) is 10.7. The Morgan fingerprint density at radius 2 is 2.06 bits per heavy atom. The summed E-state index contributed by atoms with van der Waals surface area (Å²) < 4.78 is 5.28. The van der Waals surface area contributed by atoms with Crippen LogP contribution in [0.15, 0.2) is 28.8 Å². The van der Waals surface area contributed by atoms with Crippen LogP contribution in [-0.2, 0) is 6.42 Å². The Balaban J connectivity index is 2.51. The molecule has 2 aromatic rings. The molecule has 0 saturated carbocycles. The van der Waals surface area contributed by atoms with E-state index in [1.165, 1.54) is 0 Å². The minimum Gasteiger partial charge on any atom is -0.380 e. The molecule has 90 valence electrons. The van der Waals surface area contributed by atoms with Crippen molar-refractivity contribution in [2.75, 3.05) is 5.73 Å². The molecule has 3 nitrogen and oxygen atoms in total. The van der Waals surface area contributed by atoms with Gasteiger partial charge in [0.2, 0.25) is 0 Å². The van der Waals surface area contributed by atoms with Crippen molar-refractivity contribution in [2.45, 2.75) is 20.3 Å². The van der Waals surface area contributed by atoms with Gasteiger partial charge in [0.05, 0.1) is 5.56 Å². The van der Waals surface area contributed by atoms with Crippen LogP contribution in [0.1, 0.15) is 19.6 Å². The molecular formula is C13H15ClN2O. The van der Waals surface area contributed by atoms with Crippen LogP contribution in [0.2, 0.25) is 5.02 Å². The van der Waals surface area contributed by atoms with Crippen LogP contribution in [0, 0.1) is 5.92 Å². The van der Waals surface area contributed by atoms with E-state index in [-0.39, 0.29) is 0 Å². The first-order chi connectivity index (χ1) is 8.09. The van der Waals surface area contributed by atoms with Gasteiger partial charge in [-0.3, -0.25) is 0 Å². The van der Waals surface area contributed by atoms with E-state index < -0.39 is 0 Å². The lowest BCUT2D eigenvalue weighted by Gasteiger charge is -2.06. The molecule has 0 bridgehead atoms. The second-order valence-electron chi connectivity index (χ2n) is 4.44. The molecule has 2 rings (SSSR count). The first kappa shape index (κ1) is 12.0. The zero-order chi connectivity index (χ0) is 12.4. The van der Waals surface area contributed by atoms with E-state index >= 15 is 0 Å². The maximum atomic E-state index is 6.17. The zero-order valence-electron chi connectivity index (χ0n) is 9.90. The van der Waals surface area contributed by atoms with Gasteiger partial charge in [-0.2, -0.15) is 0 Å². The van der Waals surface area contributed by atoms with Gasteiger partial charge >= 0.3 is 0 Å². The van der Waals surface area contributed by atoms with Gasteiger partial charge in [0.1, 0.15) is 5.76 Å². The van der Waals surface area contributed by atoms with Gasteiger partial charge in [0.25, 0.3) is 0 Å². The molecular weight excluding hydrogens is 236 g/mol. The molecule has 0 aliphatic carbocycles. The summed E-state index contributed by atoms with van der Waals surface area (Å²) in [6, 6.07) is 7.57. The molecule has 17 heavy (non-hydrogen) atoms. The minimum atomic E-state index is 0.397.